The van der Waals surface area contributed by atoms with Crippen molar-refractivity contribution in [2.75, 3.05) is 13.1 Å². The highest BCUT2D eigenvalue weighted by Gasteiger charge is 2.31. The number of rotatable bonds is 5. The fourth-order valence-electron chi connectivity index (χ4n) is 3.46. The Morgan fingerprint density at radius 1 is 0.962 bits per heavy atom. The largest absolute Gasteiger partial charge is 0.416 e. The quantitative estimate of drug-likeness (QED) is 0.767. The van der Waals surface area contributed by atoms with Gasteiger partial charge in [-0.3, -0.25) is 9.69 Å². The lowest BCUT2D eigenvalue weighted by molar-refractivity contribution is -0.137. The molecule has 138 valence electrons. The topological polar surface area (TPSA) is 20.3 Å². The van der Waals surface area contributed by atoms with E-state index in [-0.39, 0.29) is 18.1 Å². The van der Waals surface area contributed by atoms with Crippen molar-refractivity contribution in [1.29, 1.82) is 0 Å². The summed E-state index contributed by atoms with van der Waals surface area (Å²) in [6.45, 7) is 2.55. The van der Waals surface area contributed by atoms with E-state index in [0.717, 1.165) is 44.6 Å². The SMILES string of the molecule is O=C(Cc1cccc(C(F)(F)F)c1)C1CCN(Cc2ccccc2)CC1. The molecule has 1 saturated heterocycles. The van der Waals surface area contributed by atoms with Crippen LogP contribution in [0.2, 0.25) is 0 Å². The van der Waals surface area contributed by atoms with E-state index in [0.29, 0.717) is 5.56 Å². The second kappa shape index (κ2) is 8.04. The minimum absolute atomic E-state index is 0.0451. The van der Waals surface area contributed by atoms with Crippen molar-refractivity contribution in [3.05, 3.63) is 71.3 Å². The van der Waals surface area contributed by atoms with Crippen LogP contribution >= 0.6 is 0 Å². The van der Waals surface area contributed by atoms with Gasteiger partial charge in [-0.05, 0) is 43.1 Å². The smallest absolute Gasteiger partial charge is 0.299 e. The standard InChI is InChI=1S/C21H22F3NO/c22-21(23,24)19-8-4-7-17(13-19)14-20(26)18-9-11-25(12-10-18)15-16-5-2-1-3-6-16/h1-8,13,18H,9-12,14-15H2. The third kappa shape index (κ3) is 4.94. The van der Waals surface area contributed by atoms with Gasteiger partial charge >= 0.3 is 6.18 Å². The van der Waals surface area contributed by atoms with Crippen LogP contribution in [0.3, 0.4) is 0 Å². The van der Waals surface area contributed by atoms with Gasteiger partial charge in [0, 0.05) is 18.9 Å². The molecule has 3 rings (SSSR count). The molecule has 0 unspecified atom stereocenters. The predicted molar refractivity (Wildman–Crippen MR) is 94.6 cm³/mol. The molecule has 0 radical (unpaired) electrons. The lowest BCUT2D eigenvalue weighted by atomic mass is 9.89. The van der Waals surface area contributed by atoms with Crippen LogP contribution < -0.4 is 0 Å². The van der Waals surface area contributed by atoms with Crippen LogP contribution in [-0.4, -0.2) is 23.8 Å². The maximum Gasteiger partial charge on any atom is 0.416 e. The minimum Gasteiger partial charge on any atom is -0.299 e. The van der Waals surface area contributed by atoms with Crippen molar-refractivity contribution in [3.8, 4) is 0 Å². The van der Waals surface area contributed by atoms with E-state index < -0.39 is 11.7 Å². The van der Waals surface area contributed by atoms with Crippen LogP contribution in [0.15, 0.2) is 54.6 Å². The summed E-state index contributed by atoms with van der Waals surface area (Å²) in [7, 11) is 0. The Balaban J connectivity index is 1.52. The van der Waals surface area contributed by atoms with E-state index >= 15 is 0 Å². The molecule has 5 heteroatoms. The molecule has 0 bridgehead atoms. The molecule has 2 nitrogen and oxygen atoms in total. The van der Waals surface area contributed by atoms with E-state index in [1.54, 1.807) is 6.07 Å². The molecule has 0 N–H and O–H groups in total. The van der Waals surface area contributed by atoms with Gasteiger partial charge in [-0.1, -0.05) is 48.5 Å². The summed E-state index contributed by atoms with van der Waals surface area (Å²) in [4.78, 5) is 14.8. The highest BCUT2D eigenvalue weighted by Crippen LogP contribution is 2.30. The Morgan fingerprint density at radius 3 is 2.27 bits per heavy atom. The normalized spacial score (nSPS) is 16.6. The molecule has 2 aromatic carbocycles. The summed E-state index contributed by atoms with van der Waals surface area (Å²) >= 11 is 0. The van der Waals surface area contributed by atoms with Crippen LogP contribution in [0, 0.1) is 5.92 Å². The summed E-state index contributed by atoms with van der Waals surface area (Å²) in [6.07, 6.45) is -2.76. The Morgan fingerprint density at radius 2 is 1.62 bits per heavy atom. The summed E-state index contributed by atoms with van der Waals surface area (Å²) < 4.78 is 38.4. The van der Waals surface area contributed by atoms with Crippen molar-refractivity contribution >= 4 is 5.78 Å². The molecule has 2 aromatic rings. The molecule has 0 atom stereocenters. The van der Waals surface area contributed by atoms with Gasteiger partial charge in [-0.2, -0.15) is 13.2 Å². The number of nitrogens with zero attached hydrogens (tertiary/aromatic N) is 1. The molecule has 1 heterocycles. The second-order valence-electron chi connectivity index (χ2n) is 6.88. The molecule has 0 aliphatic carbocycles. The van der Waals surface area contributed by atoms with Crippen LogP contribution in [0.5, 0.6) is 0 Å². The first-order chi connectivity index (χ1) is 12.4. The van der Waals surface area contributed by atoms with Gasteiger partial charge in [-0.15, -0.1) is 0 Å². The number of carbonyl (C=O) groups is 1. The lowest BCUT2D eigenvalue weighted by Gasteiger charge is -2.31. The molecule has 1 fully saturated rings. The van der Waals surface area contributed by atoms with Crippen molar-refractivity contribution in [2.45, 2.75) is 32.0 Å². The maximum absolute atomic E-state index is 12.8. The zero-order valence-electron chi connectivity index (χ0n) is 14.5. The highest BCUT2D eigenvalue weighted by atomic mass is 19.4. The first kappa shape index (κ1) is 18.6. The number of halogens is 3. The summed E-state index contributed by atoms with van der Waals surface area (Å²) in [5.41, 5.74) is 0.998. The summed E-state index contributed by atoms with van der Waals surface area (Å²) in [5, 5.41) is 0. The molecule has 0 saturated carbocycles. The van der Waals surface area contributed by atoms with E-state index in [2.05, 4.69) is 17.0 Å². The van der Waals surface area contributed by atoms with Gasteiger partial charge in [0.2, 0.25) is 0 Å². The van der Waals surface area contributed by atoms with Gasteiger partial charge in [-0.25, -0.2) is 0 Å². The fraction of sp³-hybridized carbons (Fsp3) is 0.381. The van der Waals surface area contributed by atoms with E-state index in [4.69, 9.17) is 0 Å². The molecular weight excluding hydrogens is 339 g/mol. The first-order valence-electron chi connectivity index (χ1n) is 8.87. The van der Waals surface area contributed by atoms with E-state index in [1.807, 2.05) is 18.2 Å². The number of benzene rings is 2. The summed E-state index contributed by atoms with van der Waals surface area (Å²) in [6, 6.07) is 15.3. The third-order valence-electron chi connectivity index (χ3n) is 4.92. The monoisotopic (exact) mass is 361 g/mol. The number of piperidine rings is 1. The number of Topliss-reactive ketones (excluding diaryl/α,β-unsaturated/α-hetero) is 1. The van der Waals surface area contributed by atoms with Crippen LogP contribution in [-0.2, 0) is 23.9 Å². The Kier molecular flexibility index (Phi) is 5.77. The predicted octanol–water partition coefficient (Wildman–Crippen LogP) is 4.73. The molecule has 1 aliphatic heterocycles. The number of likely N-dealkylation sites (tertiary alicyclic amines) is 1. The Hall–Kier alpha value is -2.14. The van der Waals surface area contributed by atoms with Crippen molar-refractivity contribution < 1.29 is 18.0 Å². The van der Waals surface area contributed by atoms with Gasteiger partial charge in [0.1, 0.15) is 5.78 Å². The average Bonchev–Trinajstić information content (AvgIpc) is 2.63. The lowest BCUT2D eigenvalue weighted by Crippen LogP contribution is -2.36. The number of alkyl halides is 3. The zero-order valence-corrected chi connectivity index (χ0v) is 14.5. The third-order valence-corrected chi connectivity index (χ3v) is 4.92. The second-order valence-corrected chi connectivity index (χ2v) is 6.88. The van der Waals surface area contributed by atoms with Crippen molar-refractivity contribution in [1.82, 2.24) is 4.90 Å². The molecular formula is C21H22F3NO. The van der Waals surface area contributed by atoms with Gasteiger partial charge < -0.3 is 0 Å². The average molecular weight is 361 g/mol. The number of hydrogen-bond donors (Lipinski definition) is 0. The van der Waals surface area contributed by atoms with Crippen LogP contribution in [0.4, 0.5) is 13.2 Å². The van der Waals surface area contributed by atoms with Crippen molar-refractivity contribution in [2.24, 2.45) is 5.92 Å². The molecule has 0 aromatic heterocycles. The van der Waals surface area contributed by atoms with E-state index in [1.165, 1.54) is 11.6 Å². The Labute approximate surface area is 151 Å². The van der Waals surface area contributed by atoms with Crippen LogP contribution in [0.1, 0.15) is 29.5 Å². The highest BCUT2D eigenvalue weighted by molar-refractivity contribution is 5.83. The Bertz CT molecular complexity index is 734. The number of hydrogen-bond acceptors (Lipinski definition) is 2. The van der Waals surface area contributed by atoms with Crippen molar-refractivity contribution in [3.63, 3.8) is 0 Å². The van der Waals surface area contributed by atoms with Crippen LogP contribution in [0.25, 0.3) is 0 Å². The molecule has 26 heavy (non-hydrogen) atoms. The number of carbonyl (C=O) groups excluding carboxylic acids is 1. The van der Waals surface area contributed by atoms with Gasteiger partial charge in [0.05, 0.1) is 5.56 Å². The molecule has 0 amide bonds. The molecule has 0 spiro atoms. The maximum atomic E-state index is 12.8. The van der Waals surface area contributed by atoms with E-state index in [9.17, 15) is 18.0 Å². The minimum atomic E-state index is -4.37. The first-order valence-corrected chi connectivity index (χ1v) is 8.87. The zero-order chi connectivity index (χ0) is 18.6. The van der Waals surface area contributed by atoms with Gasteiger partial charge in [0.25, 0.3) is 0 Å². The molecule has 1 aliphatic rings. The fourth-order valence-corrected chi connectivity index (χ4v) is 3.46. The number of ketones is 1. The van der Waals surface area contributed by atoms with Gasteiger partial charge in [0.15, 0.2) is 0 Å². The summed E-state index contributed by atoms with van der Waals surface area (Å²) in [5.74, 6) is -0.0137.